The van der Waals surface area contributed by atoms with E-state index in [4.69, 9.17) is 16.3 Å². The summed E-state index contributed by atoms with van der Waals surface area (Å²) >= 11 is 5.97. The Kier molecular flexibility index (Phi) is 7.86. The number of benzene rings is 2. The number of carbonyl (C=O) groups is 1. The normalized spacial score (nSPS) is 11.5. The highest BCUT2D eigenvalue weighted by atomic mass is 35.5. The maximum atomic E-state index is 12.1. The summed E-state index contributed by atoms with van der Waals surface area (Å²) in [5.41, 5.74) is 1.48. The lowest BCUT2D eigenvalue weighted by atomic mass is 10.2. The van der Waals surface area contributed by atoms with Crippen LogP contribution >= 0.6 is 11.6 Å². The van der Waals surface area contributed by atoms with Gasteiger partial charge in [-0.2, -0.15) is 0 Å². The van der Waals surface area contributed by atoms with Crippen molar-refractivity contribution in [1.29, 1.82) is 0 Å². The summed E-state index contributed by atoms with van der Waals surface area (Å²) in [6, 6.07) is 11.3. The lowest BCUT2D eigenvalue weighted by Crippen LogP contribution is -2.30. The van der Waals surface area contributed by atoms with Gasteiger partial charge in [0.25, 0.3) is 0 Å². The van der Waals surface area contributed by atoms with E-state index in [1.54, 1.807) is 38.1 Å². The van der Waals surface area contributed by atoms with Gasteiger partial charge in [-0.05, 0) is 75.2 Å². The first kappa shape index (κ1) is 22.2. The number of amides is 1. The summed E-state index contributed by atoms with van der Waals surface area (Å²) in [5, 5.41) is 3.44. The zero-order valence-electron chi connectivity index (χ0n) is 16.2. The number of nitrogens with one attached hydrogen (secondary N) is 2. The van der Waals surface area contributed by atoms with Crippen LogP contribution in [-0.2, 0) is 14.8 Å². The standard InChI is InChI=1S/C20H25ClN2O4S/c1-14(2)23-28(25,26)18-9-6-16(7-10-18)22-20(24)5-4-12-27-17-8-11-19(21)15(3)13-17/h6-11,13-14,23H,4-5,12H2,1-3H3,(H,22,24). The van der Waals surface area contributed by atoms with E-state index < -0.39 is 10.0 Å². The molecule has 2 rings (SSSR count). The molecular weight excluding hydrogens is 400 g/mol. The fourth-order valence-corrected chi connectivity index (χ4v) is 3.82. The minimum atomic E-state index is -3.54. The summed E-state index contributed by atoms with van der Waals surface area (Å²) in [4.78, 5) is 12.2. The summed E-state index contributed by atoms with van der Waals surface area (Å²) in [5.74, 6) is 0.556. The van der Waals surface area contributed by atoms with Crippen LogP contribution < -0.4 is 14.8 Å². The van der Waals surface area contributed by atoms with Gasteiger partial charge in [-0.1, -0.05) is 11.6 Å². The second-order valence-electron chi connectivity index (χ2n) is 6.71. The first-order valence-corrected chi connectivity index (χ1v) is 10.8. The van der Waals surface area contributed by atoms with E-state index in [0.717, 1.165) is 5.56 Å². The zero-order valence-corrected chi connectivity index (χ0v) is 17.7. The third kappa shape index (κ3) is 6.82. The minimum Gasteiger partial charge on any atom is -0.494 e. The molecule has 2 N–H and O–H groups in total. The van der Waals surface area contributed by atoms with Crippen molar-refractivity contribution in [3.63, 3.8) is 0 Å². The maximum absolute atomic E-state index is 12.1. The van der Waals surface area contributed by atoms with Gasteiger partial charge in [-0.3, -0.25) is 4.79 Å². The van der Waals surface area contributed by atoms with E-state index >= 15 is 0 Å². The third-order valence-electron chi connectivity index (χ3n) is 3.79. The number of aryl methyl sites for hydroxylation is 1. The van der Waals surface area contributed by atoms with Gasteiger partial charge in [0.05, 0.1) is 11.5 Å². The number of ether oxygens (including phenoxy) is 1. The quantitative estimate of drug-likeness (QED) is 0.592. The molecule has 0 atom stereocenters. The molecule has 2 aromatic carbocycles. The van der Waals surface area contributed by atoms with Crippen LogP contribution in [-0.4, -0.2) is 27.0 Å². The number of hydrogen-bond acceptors (Lipinski definition) is 4. The van der Waals surface area contributed by atoms with E-state index in [1.165, 1.54) is 12.1 Å². The van der Waals surface area contributed by atoms with Crippen molar-refractivity contribution >= 4 is 33.2 Å². The van der Waals surface area contributed by atoms with Crippen LogP contribution in [0.15, 0.2) is 47.4 Å². The van der Waals surface area contributed by atoms with Gasteiger partial charge in [0.2, 0.25) is 15.9 Å². The van der Waals surface area contributed by atoms with E-state index in [1.807, 2.05) is 13.0 Å². The Balaban J connectivity index is 1.79. The average Bonchev–Trinajstić information content (AvgIpc) is 2.61. The van der Waals surface area contributed by atoms with Crippen molar-refractivity contribution in [3.05, 3.63) is 53.1 Å². The predicted octanol–water partition coefficient (Wildman–Crippen LogP) is 4.13. The van der Waals surface area contributed by atoms with Crippen LogP contribution in [0.1, 0.15) is 32.3 Å². The van der Waals surface area contributed by atoms with Gasteiger partial charge >= 0.3 is 0 Å². The van der Waals surface area contributed by atoms with Crippen molar-refractivity contribution in [2.75, 3.05) is 11.9 Å². The van der Waals surface area contributed by atoms with Gasteiger partial charge in [-0.15, -0.1) is 0 Å². The van der Waals surface area contributed by atoms with Crippen LogP contribution in [0.5, 0.6) is 5.75 Å². The largest absolute Gasteiger partial charge is 0.494 e. The van der Waals surface area contributed by atoms with Gasteiger partial charge in [0, 0.05) is 23.2 Å². The molecule has 0 aliphatic carbocycles. The number of rotatable bonds is 9. The highest BCUT2D eigenvalue weighted by molar-refractivity contribution is 7.89. The predicted molar refractivity (Wildman–Crippen MR) is 111 cm³/mol. The smallest absolute Gasteiger partial charge is 0.240 e. The second-order valence-corrected chi connectivity index (χ2v) is 8.83. The van der Waals surface area contributed by atoms with E-state index in [2.05, 4.69) is 10.0 Å². The van der Waals surface area contributed by atoms with Gasteiger partial charge in [0.1, 0.15) is 5.75 Å². The molecule has 0 bridgehead atoms. The van der Waals surface area contributed by atoms with Crippen molar-refractivity contribution in [2.24, 2.45) is 0 Å². The van der Waals surface area contributed by atoms with Crippen molar-refractivity contribution in [2.45, 2.75) is 44.6 Å². The molecule has 0 radical (unpaired) electrons. The SMILES string of the molecule is Cc1cc(OCCCC(=O)Nc2ccc(S(=O)(=O)NC(C)C)cc2)ccc1Cl. The number of carbonyl (C=O) groups excluding carboxylic acids is 1. The Morgan fingerprint density at radius 3 is 2.43 bits per heavy atom. The monoisotopic (exact) mass is 424 g/mol. The van der Waals surface area contributed by atoms with Crippen LogP contribution in [0.25, 0.3) is 0 Å². The number of anilines is 1. The fourth-order valence-electron chi connectivity index (χ4n) is 2.45. The number of halogens is 1. The average molecular weight is 425 g/mol. The molecule has 152 valence electrons. The Bertz CT molecular complexity index is 912. The van der Waals surface area contributed by atoms with E-state index in [-0.39, 0.29) is 16.8 Å². The molecule has 28 heavy (non-hydrogen) atoms. The molecule has 0 heterocycles. The Hall–Kier alpha value is -2.09. The highest BCUT2D eigenvalue weighted by Crippen LogP contribution is 2.21. The molecule has 0 unspecified atom stereocenters. The van der Waals surface area contributed by atoms with E-state index in [0.29, 0.717) is 35.9 Å². The molecule has 1 amide bonds. The lowest BCUT2D eigenvalue weighted by molar-refractivity contribution is -0.116. The molecule has 8 heteroatoms. The van der Waals surface area contributed by atoms with Crippen molar-refractivity contribution < 1.29 is 17.9 Å². The van der Waals surface area contributed by atoms with E-state index in [9.17, 15) is 13.2 Å². The van der Waals surface area contributed by atoms with Crippen molar-refractivity contribution in [1.82, 2.24) is 4.72 Å². The molecule has 0 saturated carbocycles. The Morgan fingerprint density at radius 2 is 1.82 bits per heavy atom. The lowest BCUT2D eigenvalue weighted by Gasteiger charge is -2.11. The summed E-state index contributed by atoms with van der Waals surface area (Å²) in [7, 11) is -3.54. The van der Waals surface area contributed by atoms with Crippen LogP contribution in [0, 0.1) is 6.92 Å². The summed E-state index contributed by atoms with van der Waals surface area (Å²) < 4.78 is 32.3. The molecular formula is C20H25ClN2O4S. The second kappa shape index (κ2) is 9.91. The van der Waals surface area contributed by atoms with Crippen molar-refractivity contribution in [3.8, 4) is 5.75 Å². The van der Waals surface area contributed by atoms with Gasteiger partial charge in [0.15, 0.2) is 0 Å². The first-order valence-electron chi connectivity index (χ1n) is 8.98. The fraction of sp³-hybridized carbons (Fsp3) is 0.350. The van der Waals surface area contributed by atoms with Crippen LogP contribution in [0.2, 0.25) is 5.02 Å². The summed E-state index contributed by atoms with van der Waals surface area (Å²) in [6.07, 6.45) is 0.847. The third-order valence-corrected chi connectivity index (χ3v) is 5.88. The number of hydrogen-bond donors (Lipinski definition) is 2. The van der Waals surface area contributed by atoms with Crippen LogP contribution in [0.4, 0.5) is 5.69 Å². The molecule has 0 spiro atoms. The molecule has 2 aromatic rings. The molecule has 0 aliphatic heterocycles. The molecule has 0 fully saturated rings. The van der Waals surface area contributed by atoms with Gasteiger partial charge in [-0.25, -0.2) is 13.1 Å². The number of sulfonamides is 1. The molecule has 0 saturated heterocycles. The topological polar surface area (TPSA) is 84.5 Å². The molecule has 6 nitrogen and oxygen atoms in total. The Morgan fingerprint density at radius 1 is 1.14 bits per heavy atom. The van der Waals surface area contributed by atoms with Crippen LogP contribution in [0.3, 0.4) is 0 Å². The highest BCUT2D eigenvalue weighted by Gasteiger charge is 2.15. The summed E-state index contributed by atoms with van der Waals surface area (Å²) in [6.45, 7) is 5.82. The van der Waals surface area contributed by atoms with Gasteiger partial charge < -0.3 is 10.1 Å². The first-order chi connectivity index (χ1) is 13.2. The molecule has 0 aliphatic rings. The zero-order chi connectivity index (χ0) is 20.7. The maximum Gasteiger partial charge on any atom is 0.240 e. The minimum absolute atomic E-state index is 0.158. The molecule has 0 aromatic heterocycles. The Labute approximate surface area is 171 Å².